The smallest absolute Gasteiger partial charge is 0.164 e. The summed E-state index contributed by atoms with van der Waals surface area (Å²) in [7, 11) is 0. The third-order valence-corrected chi connectivity index (χ3v) is 3.16. The highest BCUT2D eigenvalue weighted by molar-refractivity contribution is 7.80. The quantitative estimate of drug-likeness (QED) is 0.750. The monoisotopic (exact) mass is 216 g/mol. The second-order valence-electron chi connectivity index (χ2n) is 3.58. The summed E-state index contributed by atoms with van der Waals surface area (Å²) in [5.41, 5.74) is 3.78. The molecule has 0 fully saturated rings. The third kappa shape index (κ3) is 1.45. The van der Waals surface area contributed by atoms with Gasteiger partial charge in [0.05, 0.1) is 0 Å². The van der Waals surface area contributed by atoms with Crippen molar-refractivity contribution in [3.8, 4) is 0 Å². The fraction of sp³-hybridized carbons (Fsp3) is 0.154. The summed E-state index contributed by atoms with van der Waals surface area (Å²) < 4.78 is 0. The van der Waals surface area contributed by atoms with Gasteiger partial charge in [-0.25, -0.2) is 0 Å². The van der Waals surface area contributed by atoms with Crippen molar-refractivity contribution in [1.82, 2.24) is 0 Å². The van der Waals surface area contributed by atoms with Crippen LogP contribution in [-0.4, -0.2) is 5.78 Å². The molecule has 0 saturated heterocycles. The first-order chi connectivity index (χ1) is 7.19. The highest BCUT2D eigenvalue weighted by Gasteiger charge is 2.25. The number of hydrogen-bond donors (Lipinski definition) is 1. The summed E-state index contributed by atoms with van der Waals surface area (Å²) in [6, 6.07) is 1.88. The van der Waals surface area contributed by atoms with Crippen molar-refractivity contribution in [3.05, 3.63) is 41.5 Å². The number of carbonyl (C=O) groups excluding carboxylic acids is 1. The van der Waals surface area contributed by atoms with Gasteiger partial charge in [0.1, 0.15) is 0 Å². The number of benzene rings is 1. The summed E-state index contributed by atoms with van der Waals surface area (Å²) in [5.74, 6) is 0.205. The lowest BCUT2D eigenvalue weighted by Gasteiger charge is -2.09. The molecular weight excluding hydrogens is 204 g/mol. The van der Waals surface area contributed by atoms with Crippen LogP contribution in [-0.2, 0) is 6.42 Å². The highest BCUT2D eigenvalue weighted by atomic mass is 32.1. The molecule has 0 heterocycles. The van der Waals surface area contributed by atoms with Crippen molar-refractivity contribution in [3.63, 3.8) is 0 Å². The predicted molar refractivity (Wildman–Crippen MR) is 66.5 cm³/mol. The fourth-order valence-corrected chi connectivity index (χ4v) is 2.47. The Balaban J connectivity index is 2.81. The van der Waals surface area contributed by atoms with E-state index in [1.807, 2.05) is 6.07 Å². The summed E-state index contributed by atoms with van der Waals surface area (Å²) in [5, 5.41) is 0. The first kappa shape index (κ1) is 10.2. The van der Waals surface area contributed by atoms with Crippen LogP contribution in [0.2, 0.25) is 0 Å². The van der Waals surface area contributed by atoms with Gasteiger partial charge in [0, 0.05) is 16.9 Å². The van der Waals surface area contributed by atoms with Crippen LogP contribution in [0.1, 0.15) is 33.5 Å². The molecular formula is C13H12OS. The van der Waals surface area contributed by atoms with Crippen molar-refractivity contribution < 1.29 is 4.79 Å². The molecule has 0 amide bonds. The summed E-state index contributed by atoms with van der Waals surface area (Å²) in [4.78, 5) is 12.6. The van der Waals surface area contributed by atoms with E-state index in [4.69, 9.17) is 0 Å². The molecule has 0 bridgehead atoms. The van der Waals surface area contributed by atoms with Crippen molar-refractivity contribution in [2.45, 2.75) is 17.7 Å². The number of Topliss-reactive ketones (excluding diaryl/α,β-unsaturated/α-hetero) is 1. The van der Waals surface area contributed by atoms with Gasteiger partial charge in [-0.1, -0.05) is 25.3 Å². The van der Waals surface area contributed by atoms with Crippen LogP contribution in [0.4, 0.5) is 0 Å². The van der Waals surface area contributed by atoms with E-state index in [2.05, 4.69) is 25.8 Å². The van der Waals surface area contributed by atoms with Gasteiger partial charge in [-0.2, -0.15) is 0 Å². The molecule has 0 N–H and O–H groups in total. The van der Waals surface area contributed by atoms with E-state index in [9.17, 15) is 4.79 Å². The average Bonchev–Trinajstić information content (AvgIpc) is 2.60. The summed E-state index contributed by atoms with van der Waals surface area (Å²) >= 11 is 4.40. The molecule has 1 aromatic rings. The van der Waals surface area contributed by atoms with E-state index in [1.165, 1.54) is 0 Å². The molecule has 1 aliphatic carbocycles. The standard InChI is InChI=1S/C13H12OS/c1-3-8-7-12(15)9(4-2)10-5-6-11(14)13(8)10/h3-4,7,15H,1-2,5-6H2. The number of hydrogen-bond acceptors (Lipinski definition) is 2. The van der Waals surface area contributed by atoms with E-state index in [0.29, 0.717) is 6.42 Å². The minimum atomic E-state index is 0.205. The Morgan fingerprint density at radius 1 is 1.27 bits per heavy atom. The van der Waals surface area contributed by atoms with E-state index in [0.717, 1.165) is 33.6 Å². The van der Waals surface area contributed by atoms with Crippen LogP contribution in [0.3, 0.4) is 0 Å². The number of ketones is 1. The van der Waals surface area contributed by atoms with Crippen molar-refractivity contribution in [2.75, 3.05) is 0 Å². The van der Waals surface area contributed by atoms with Crippen molar-refractivity contribution in [2.24, 2.45) is 0 Å². The van der Waals surface area contributed by atoms with Crippen LogP contribution in [0.25, 0.3) is 12.2 Å². The van der Waals surface area contributed by atoms with Crippen LogP contribution in [0.15, 0.2) is 24.1 Å². The molecule has 1 aliphatic rings. The van der Waals surface area contributed by atoms with Gasteiger partial charge in [-0.15, -0.1) is 12.6 Å². The third-order valence-electron chi connectivity index (χ3n) is 2.79. The predicted octanol–water partition coefficient (Wildman–Crippen LogP) is 3.39. The van der Waals surface area contributed by atoms with E-state index in [-0.39, 0.29) is 5.78 Å². The van der Waals surface area contributed by atoms with Gasteiger partial charge in [0.2, 0.25) is 0 Å². The molecule has 0 unspecified atom stereocenters. The van der Waals surface area contributed by atoms with Crippen LogP contribution in [0.5, 0.6) is 0 Å². The summed E-state index contributed by atoms with van der Waals surface area (Å²) in [6.07, 6.45) is 4.88. The Kier molecular flexibility index (Phi) is 2.53. The molecule has 2 rings (SSSR count). The normalized spacial score (nSPS) is 13.8. The minimum Gasteiger partial charge on any atom is -0.294 e. The Morgan fingerprint density at radius 3 is 2.60 bits per heavy atom. The molecule has 1 aromatic carbocycles. The van der Waals surface area contributed by atoms with Gasteiger partial charge in [-0.3, -0.25) is 4.79 Å². The number of rotatable bonds is 2. The molecule has 2 heteroatoms. The fourth-order valence-electron chi connectivity index (χ4n) is 2.10. The second-order valence-corrected chi connectivity index (χ2v) is 4.07. The number of fused-ring (bicyclic) bond motifs is 1. The van der Waals surface area contributed by atoms with Gasteiger partial charge >= 0.3 is 0 Å². The van der Waals surface area contributed by atoms with E-state index in [1.54, 1.807) is 12.2 Å². The maximum atomic E-state index is 11.7. The molecule has 0 aromatic heterocycles. The lowest BCUT2D eigenvalue weighted by atomic mass is 9.97. The Bertz CT molecular complexity index is 472. The first-order valence-corrected chi connectivity index (χ1v) is 5.30. The average molecular weight is 216 g/mol. The van der Waals surface area contributed by atoms with Crippen LogP contribution >= 0.6 is 12.6 Å². The zero-order valence-corrected chi connectivity index (χ0v) is 9.31. The zero-order valence-electron chi connectivity index (χ0n) is 8.42. The lowest BCUT2D eigenvalue weighted by Crippen LogP contribution is -1.98. The maximum Gasteiger partial charge on any atom is 0.164 e. The zero-order chi connectivity index (χ0) is 11.0. The topological polar surface area (TPSA) is 17.1 Å². The van der Waals surface area contributed by atoms with Gasteiger partial charge in [0.15, 0.2) is 5.78 Å². The molecule has 15 heavy (non-hydrogen) atoms. The number of thiol groups is 1. The highest BCUT2D eigenvalue weighted by Crippen LogP contribution is 2.33. The molecule has 76 valence electrons. The largest absolute Gasteiger partial charge is 0.294 e. The molecule has 0 spiro atoms. The number of carbonyl (C=O) groups is 1. The second kappa shape index (κ2) is 3.70. The van der Waals surface area contributed by atoms with Crippen molar-refractivity contribution in [1.29, 1.82) is 0 Å². The Morgan fingerprint density at radius 2 is 2.00 bits per heavy atom. The van der Waals surface area contributed by atoms with Crippen LogP contribution < -0.4 is 0 Å². The van der Waals surface area contributed by atoms with Gasteiger partial charge in [0.25, 0.3) is 0 Å². The van der Waals surface area contributed by atoms with Gasteiger partial charge < -0.3 is 0 Å². The van der Waals surface area contributed by atoms with E-state index >= 15 is 0 Å². The molecule has 0 saturated carbocycles. The maximum absolute atomic E-state index is 11.7. The SMILES string of the molecule is C=Cc1cc(S)c(C=C)c2c1C(=O)CC2. The molecule has 1 nitrogen and oxygen atoms in total. The minimum absolute atomic E-state index is 0.205. The Hall–Kier alpha value is -1.28. The first-order valence-electron chi connectivity index (χ1n) is 4.86. The summed E-state index contributed by atoms with van der Waals surface area (Å²) in [6.45, 7) is 7.49. The lowest BCUT2D eigenvalue weighted by molar-refractivity contribution is 0.0994. The van der Waals surface area contributed by atoms with Crippen molar-refractivity contribution >= 4 is 30.6 Å². The molecule has 0 aliphatic heterocycles. The van der Waals surface area contributed by atoms with Crippen LogP contribution in [0, 0.1) is 0 Å². The molecule has 0 radical (unpaired) electrons. The van der Waals surface area contributed by atoms with Gasteiger partial charge in [-0.05, 0) is 29.2 Å². The Labute approximate surface area is 94.9 Å². The molecule has 0 atom stereocenters. The van der Waals surface area contributed by atoms with E-state index < -0.39 is 0 Å².